The van der Waals surface area contributed by atoms with Crippen molar-refractivity contribution >= 4 is 16.9 Å². The predicted molar refractivity (Wildman–Crippen MR) is 94.2 cm³/mol. The molecule has 1 saturated heterocycles. The third-order valence-corrected chi connectivity index (χ3v) is 3.84. The van der Waals surface area contributed by atoms with E-state index >= 15 is 0 Å². The van der Waals surface area contributed by atoms with Gasteiger partial charge >= 0.3 is 0 Å². The lowest BCUT2D eigenvalue weighted by Crippen LogP contribution is -2.01. The van der Waals surface area contributed by atoms with Crippen LogP contribution in [0.15, 0.2) is 55.1 Å². The summed E-state index contributed by atoms with van der Waals surface area (Å²) >= 11 is 0. The molecule has 1 heterocycles. The van der Waals surface area contributed by atoms with Crippen LogP contribution in [0.4, 0.5) is 11.4 Å². The van der Waals surface area contributed by atoms with Crippen LogP contribution in [0, 0.1) is 20.2 Å². The Balaban J connectivity index is 0.000000181. The number of epoxide rings is 1. The van der Waals surface area contributed by atoms with Gasteiger partial charge in [0.1, 0.15) is 5.60 Å². The number of ether oxygens (including phenoxy) is 1. The molecule has 7 nitrogen and oxygen atoms in total. The molecule has 0 aromatic heterocycles. The van der Waals surface area contributed by atoms with Gasteiger partial charge in [-0.15, -0.1) is 0 Å². The average Bonchev–Trinajstić information content (AvgIpc) is 3.34. The summed E-state index contributed by atoms with van der Waals surface area (Å²) in [7, 11) is 0. The summed E-state index contributed by atoms with van der Waals surface area (Å²) in [5, 5.41) is 20.6. The molecular formula is C18H18N2O5. The van der Waals surface area contributed by atoms with Crippen molar-refractivity contribution in [3.63, 3.8) is 0 Å². The zero-order chi connectivity index (χ0) is 18.6. The van der Waals surface area contributed by atoms with E-state index in [1.54, 1.807) is 24.3 Å². The van der Waals surface area contributed by atoms with Crippen LogP contribution in [0.2, 0.25) is 0 Å². The summed E-state index contributed by atoms with van der Waals surface area (Å²) in [6.07, 6.45) is 0. The smallest absolute Gasteiger partial charge is 0.269 e. The Labute approximate surface area is 144 Å². The quantitative estimate of drug-likeness (QED) is 0.464. The van der Waals surface area contributed by atoms with Crippen molar-refractivity contribution in [1.82, 2.24) is 0 Å². The van der Waals surface area contributed by atoms with Crippen molar-refractivity contribution in [2.75, 3.05) is 6.61 Å². The lowest BCUT2D eigenvalue weighted by molar-refractivity contribution is -0.385. The molecule has 0 N–H and O–H groups in total. The molecule has 1 unspecified atom stereocenters. The Morgan fingerprint density at radius 2 is 1.40 bits per heavy atom. The van der Waals surface area contributed by atoms with Crippen molar-refractivity contribution in [3.8, 4) is 0 Å². The van der Waals surface area contributed by atoms with Crippen molar-refractivity contribution in [2.45, 2.75) is 19.4 Å². The third-order valence-electron chi connectivity index (χ3n) is 3.84. The van der Waals surface area contributed by atoms with Crippen molar-refractivity contribution in [3.05, 3.63) is 86.5 Å². The van der Waals surface area contributed by atoms with E-state index in [2.05, 4.69) is 6.58 Å². The van der Waals surface area contributed by atoms with Crippen LogP contribution in [-0.4, -0.2) is 16.5 Å². The molecule has 1 fully saturated rings. The fourth-order valence-electron chi connectivity index (χ4n) is 2.08. The van der Waals surface area contributed by atoms with Crippen LogP contribution < -0.4 is 0 Å². The van der Waals surface area contributed by atoms with E-state index in [1.807, 2.05) is 13.8 Å². The first-order valence-corrected chi connectivity index (χ1v) is 7.52. The predicted octanol–water partition coefficient (Wildman–Crippen LogP) is 4.47. The second kappa shape index (κ2) is 7.23. The van der Waals surface area contributed by atoms with Crippen LogP contribution in [0.1, 0.15) is 25.0 Å². The van der Waals surface area contributed by atoms with E-state index in [0.717, 1.165) is 16.7 Å². The largest absolute Gasteiger partial charge is 0.365 e. The van der Waals surface area contributed by atoms with E-state index in [4.69, 9.17) is 4.74 Å². The number of nitro groups is 2. The lowest BCUT2D eigenvalue weighted by atomic mass is 10.0. The molecular weight excluding hydrogens is 324 g/mol. The van der Waals surface area contributed by atoms with Gasteiger partial charge in [0, 0.05) is 24.3 Å². The van der Waals surface area contributed by atoms with Gasteiger partial charge in [-0.1, -0.05) is 12.2 Å². The van der Waals surface area contributed by atoms with E-state index in [0.29, 0.717) is 6.61 Å². The van der Waals surface area contributed by atoms with Gasteiger partial charge in [0.2, 0.25) is 0 Å². The number of benzene rings is 2. The molecule has 0 saturated carbocycles. The van der Waals surface area contributed by atoms with Crippen LogP contribution in [-0.2, 0) is 10.3 Å². The van der Waals surface area contributed by atoms with Crippen molar-refractivity contribution < 1.29 is 14.6 Å². The van der Waals surface area contributed by atoms with Gasteiger partial charge in [-0.2, -0.15) is 0 Å². The van der Waals surface area contributed by atoms with Gasteiger partial charge in [0.05, 0.1) is 16.5 Å². The normalized spacial score (nSPS) is 17.8. The Kier molecular flexibility index (Phi) is 5.29. The summed E-state index contributed by atoms with van der Waals surface area (Å²) in [5.74, 6) is 0. The highest BCUT2D eigenvalue weighted by Crippen LogP contribution is 2.38. The zero-order valence-corrected chi connectivity index (χ0v) is 14.0. The molecule has 130 valence electrons. The minimum absolute atomic E-state index is 0.111. The summed E-state index contributed by atoms with van der Waals surface area (Å²) in [6, 6.07) is 12.8. The van der Waals surface area contributed by atoms with Gasteiger partial charge in [0.15, 0.2) is 0 Å². The zero-order valence-electron chi connectivity index (χ0n) is 14.0. The fourth-order valence-corrected chi connectivity index (χ4v) is 2.08. The summed E-state index contributed by atoms with van der Waals surface area (Å²) in [6.45, 7) is 8.26. The number of nitrogens with zero attached hydrogens (tertiary/aromatic N) is 2. The lowest BCUT2D eigenvalue weighted by Gasteiger charge is -2.03. The molecule has 2 aromatic rings. The van der Waals surface area contributed by atoms with Crippen LogP contribution in [0.25, 0.3) is 5.57 Å². The highest BCUT2D eigenvalue weighted by atomic mass is 16.6. The first-order valence-electron chi connectivity index (χ1n) is 7.52. The van der Waals surface area contributed by atoms with Crippen LogP contribution >= 0.6 is 0 Å². The Morgan fingerprint density at radius 3 is 1.72 bits per heavy atom. The summed E-state index contributed by atoms with van der Waals surface area (Å²) in [5.41, 5.74) is 2.87. The van der Waals surface area contributed by atoms with E-state index < -0.39 is 9.85 Å². The summed E-state index contributed by atoms with van der Waals surface area (Å²) < 4.78 is 5.21. The number of hydrogen-bond acceptors (Lipinski definition) is 5. The molecule has 2 aromatic carbocycles. The molecule has 0 spiro atoms. The maximum atomic E-state index is 10.4. The second-order valence-electron chi connectivity index (χ2n) is 5.91. The monoisotopic (exact) mass is 342 g/mol. The van der Waals surface area contributed by atoms with Crippen LogP contribution in [0.5, 0.6) is 0 Å². The maximum absolute atomic E-state index is 10.4. The standard InChI is InChI=1S/C9H9NO3.C9H9NO2/c1-9(6-13-9)7-2-4-8(5-3-7)10(11)12;1-7(2)8-3-5-9(6-4-8)10(11)12/h2-5H,6H2,1H3;3-6H,1H2,2H3. The Bertz CT molecular complexity index is 760. The molecule has 0 aliphatic carbocycles. The Morgan fingerprint density at radius 1 is 1.00 bits per heavy atom. The van der Waals surface area contributed by atoms with Crippen molar-refractivity contribution in [2.24, 2.45) is 0 Å². The van der Waals surface area contributed by atoms with Gasteiger partial charge in [0.25, 0.3) is 11.4 Å². The van der Waals surface area contributed by atoms with E-state index in [-0.39, 0.29) is 17.0 Å². The fraction of sp³-hybridized carbons (Fsp3) is 0.222. The first-order chi connectivity index (χ1) is 11.7. The topological polar surface area (TPSA) is 98.8 Å². The molecule has 0 radical (unpaired) electrons. The average molecular weight is 342 g/mol. The number of nitro benzene ring substituents is 2. The SMILES string of the molecule is C=C(C)c1ccc([N+](=O)[O-])cc1.CC1(c2ccc([N+](=O)[O-])cc2)CO1. The number of rotatable bonds is 4. The Hall–Kier alpha value is -3.06. The molecule has 1 atom stereocenters. The molecule has 0 amide bonds. The molecule has 3 rings (SSSR count). The van der Waals surface area contributed by atoms with Gasteiger partial charge < -0.3 is 4.74 Å². The molecule has 1 aliphatic heterocycles. The first kappa shape index (κ1) is 18.3. The molecule has 0 bridgehead atoms. The third kappa shape index (κ3) is 4.71. The highest BCUT2D eigenvalue weighted by Gasteiger charge is 2.41. The minimum Gasteiger partial charge on any atom is -0.365 e. The van der Waals surface area contributed by atoms with Crippen molar-refractivity contribution in [1.29, 1.82) is 0 Å². The second-order valence-corrected chi connectivity index (χ2v) is 5.91. The summed E-state index contributed by atoms with van der Waals surface area (Å²) in [4.78, 5) is 19.8. The molecule has 7 heteroatoms. The van der Waals surface area contributed by atoms with Gasteiger partial charge in [-0.3, -0.25) is 20.2 Å². The van der Waals surface area contributed by atoms with Gasteiger partial charge in [-0.25, -0.2) is 0 Å². The minimum atomic E-state index is -0.414. The highest BCUT2D eigenvalue weighted by molar-refractivity contribution is 5.62. The molecule has 25 heavy (non-hydrogen) atoms. The number of non-ortho nitro benzene ring substituents is 2. The van der Waals surface area contributed by atoms with Gasteiger partial charge in [-0.05, 0) is 49.2 Å². The maximum Gasteiger partial charge on any atom is 0.269 e. The molecule has 1 aliphatic rings. The number of allylic oxidation sites excluding steroid dienone is 1. The van der Waals surface area contributed by atoms with E-state index in [1.165, 1.54) is 24.3 Å². The van der Waals surface area contributed by atoms with Crippen LogP contribution in [0.3, 0.4) is 0 Å². The number of hydrogen-bond donors (Lipinski definition) is 0. The van der Waals surface area contributed by atoms with E-state index in [9.17, 15) is 20.2 Å².